The largest absolute Gasteiger partial charge is 0.327 e. The second-order valence-corrected chi connectivity index (χ2v) is 7.66. The van der Waals surface area contributed by atoms with Gasteiger partial charge in [0.05, 0.1) is 0 Å². The highest BCUT2D eigenvalue weighted by atomic mass is 79.9. The van der Waals surface area contributed by atoms with Gasteiger partial charge in [-0.3, -0.25) is 0 Å². The molecule has 3 heteroatoms. The van der Waals surface area contributed by atoms with E-state index in [-0.39, 0.29) is 11.9 Å². The van der Waals surface area contributed by atoms with Crippen LogP contribution in [0.1, 0.15) is 46.1 Å². The molecular formula is C16H25BrFN. The van der Waals surface area contributed by atoms with Crippen molar-refractivity contribution in [3.8, 4) is 0 Å². The first kappa shape index (κ1) is 16.6. The fourth-order valence-corrected chi connectivity index (χ4v) is 3.21. The van der Waals surface area contributed by atoms with Crippen molar-refractivity contribution < 1.29 is 4.39 Å². The normalized spacial score (nSPS) is 15.3. The predicted molar refractivity (Wildman–Crippen MR) is 83.6 cm³/mol. The number of benzene rings is 1. The third kappa shape index (κ3) is 6.53. The molecule has 19 heavy (non-hydrogen) atoms. The van der Waals surface area contributed by atoms with Crippen molar-refractivity contribution in [1.82, 2.24) is 0 Å². The summed E-state index contributed by atoms with van der Waals surface area (Å²) in [4.78, 5) is 0. The zero-order valence-electron chi connectivity index (χ0n) is 12.3. The Morgan fingerprint density at radius 2 is 1.95 bits per heavy atom. The lowest BCUT2D eigenvalue weighted by Crippen LogP contribution is -2.27. The third-order valence-electron chi connectivity index (χ3n) is 3.16. The Kier molecular flexibility index (Phi) is 6.00. The van der Waals surface area contributed by atoms with Gasteiger partial charge in [-0.25, -0.2) is 4.39 Å². The minimum absolute atomic E-state index is 0.124. The van der Waals surface area contributed by atoms with Gasteiger partial charge in [0.15, 0.2) is 0 Å². The highest BCUT2D eigenvalue weighted by Crippen LogP contribution is 2.27. The lowest BCUT2D eigenvalue weighted by Gasteiger charge is -2.25. The van der Waals surface area contributed by atoms with Gasteiger partial charge < -0.3 is 5.73 Å². The van der Waals surface area contributed by atoms with Gasteiger partial charge in [0.25, 0.3) is 0 Å². The Morgan fingerprint density at radius 3 is 2.47 bits per heavy atom. The summed E-state index contributed by atoms with van der Waals surface area (Å²) >= 11 is 3.40. The van der Waals surface area contributed by atoms with Gasteiger partial charge in [-0.15, -0.1) is 0 Å². The Balaban J connectivity index is 2.53. The molecule has 1 nitrogen and oxygen atoms in total. The summed E-state index contributed by atoms with van der Waals surface area (Å²) in [5, 5.41) is 0. The summed E-state index contributed by atoms with van der Waals surface area (Å²) in [5.74, 6) is 0.388. The van der Waals surface area contributed by atoms with E-state index in [2.05, 4.69) is 43.6 Å². The van der Waals surface area contributed by atoms with Crippen LogP contribution in [0.2, 0.25) is 0 Å². The summed E-state index contributed by atoms with van der Waals surface area (Å²) in [7, 11) is 0. The first-order valence-electron chi connectivity index (χ1n) is 6.87. The lowest BCUT2D eigenvalue weighted by molar-refractivity contribution is 0.285. The number of hydrogen-bond acceptors (Lipinski definition) is 1. The van der Waals surface area contributed by atoms with E-state index in [1.807, 2.05) is 6.07 Å². The van der Waals surface area contributed by atoms with Gasteiger partial charge in [0.1, 0.15) is 5.82 Å². The molecule has 1 rings (SSSR count). The van der Waals surface area contributed by atoms with Crippen molar-refractivity contribution in [2.24, 2.45) is 17.1 Å². The summed E-state index contributed by atoms with van der Waals surface area (Å²) < 4.78 is 13.8. The van der Waals surface area contributed by atoms with Crippen molar-refractivity contribution in [2.75, 3.05) is 0 Å². The van der Waals surface area contributed by atoms with Crippen molar-refractivity contribution in [2.45, 2.75) is 53.0 Å². The van der Waals surface area contributed by atoms with Crippen LogP contribution < -0.4 is 5.73 Å². The van der Waals surface area contributed by atoms with Crippen molar-refractivity contribution >= 4 is 15.9 Å². The molecular weight excluding hydrogens is 305 g/mol. The Bertz CT molecular complexity index is 412. The molecule has 1 aromatic carbocycles. The van der Waals surface area contributed by atoms with E-state index in [0.717, 1.165) is 22.9 Å². The van der Waals surface area contributed by atoms with E-state index in [0.29, 0.717) is 11.3 Å². The minimum Gasteiger partial charge on any atom is -0.327 e. The molecule has 0 aromatic heterocycles. The molecule has 0 bridgehead atoms. The smallest absolute Gasteiger partial charge is 0.124 e. The van der Waals surface area contributed by atoms with Crippen LogP contribution in [0.3, 0.4) is 0 Å². The second kappa shape index (κ2) is 6.85. The van der Waals surface area contributed by atoms with Crippen LogP contribution in [0.15, 0.2) is 22.7 Å². The average molecular weight is 330 g/mol. The topological polar surface area (TPSA) is 26.0 Å². The minimum atomic E-state index is -0.217. The summed E-state index contributed by atoms with van der Waals surface area (Å²) in [6.45, 7) is 9.02. The molecule has 1 aromatic rings. The van der Waals surface area contributed by atoms with Gasteiger partial charge in [-0.2, -0.15) is 0 Å². The van der Waals surface area contributed by atoms with Gasteiger partial charge in [0, 0.05) is 10.5 Å². The van der Waals surface area contributed by atoms with E-state index in [1.165, 1.54) is 18.6 Å². The van der Waals surface area contributed by atoms with E-state index >= 15 is 0 Å². The highest BCUT2D eigenvalue weighted by molar-refractivity contribution is 9.10. The molecule has 2 N–H and O–H groups in total. The van der Waals surface area contributed by atoms with Crippen LogP contribution in [-0.2, 0) is 6.42 Å². The highest BCUT2D eigenvalue weighted by Gasteiger charge is 2.18. The van der Waals surface area contributed by atoms with Crippen LogP contribution in [0.4, 0.5) is 4.39 Å². The molecule has 0 saturated carbocycles. The molecule has 0 aliphatic carbocycles. The first-order chi connectivity index (χ1) is 8.67. The SMILES string of the molecule is CC(CC(N)Cc1ccc(F)cc1Br)CC(C)(C)C. The first-order valence-corrected chi connectivity index (χ1v) is 7.66. The quantitative estimate of drug-likeness (QED) is 0.815. The molecule has 0 amide bonds. The molecule has 0 radical (unpaired) electrons. The van der Waals surface area contributed by atoms with Crippen molar-refractivity contribution in [3.05, 3.63) is 34.1 Å². The fourth-order valence-electron chi connectivity index (χ4n) is 2.70. The van der Waals surface area contributed by atoms with Crippen LogP contribution in [0, 0.1) is 17.2 Å². The zero-order chi connectivity index (χ0) is 14.6. The summed E-state index contributed by atoms with van der Waals surface area (Å²) in [6, 6.07) is 4.93. The number of halogens is 2. The molecule has 0 aliphatic heterocycles. The molecule has 108 valence electrons. The van der Waals surface area contributed by atoms with Crippen molar-refractivity contribution in [1.29, 1.82) is 0 Å². The molecule has 0 fully saturated rings. The van der Waals surface area contributed by atoms with E-state index in [1.54, 1.807) is 0 Å². The van der Waals surface area contributed by atoms with Crippen LogP contribution in [0.25, 0.3) is 0 Å². The number of rotatable bonds is 5. The standard InChI is InChI=1S/C16H25BrFN/c1-11(10-16(2,3)4)7-14(19)8-12-5-6-13(18)9-15(12)17/h5-6,9,11,14H,7-8,10,19H2,1-4H3. The maximum absolute atomic E-state index is 13.0. The van der Waals surface area contributed by atoms with Gasteiger partial charge in [-0.1, -0.05) is 49.7 Å². The Hall–Kier alpha value is -0.410. The maximum Gasteiger partial charge on any atom is 0.124 e. The van der Waals surface area contributed by atoms with Crippen LogP contribution in [-0.4, -0.2) is 6.04 Å². The fraction of sp³-hybridized carbons (Fsp3) is 0.625. The van der Waals surface area contributed by atoms with Gasteiger partial charge in [-0.05, 0) is 48.3 Å². The Labute approximate surface area is 124 Å². The monoisotopic (exact) mass is 329 g/mol. The number of hydrogen-bond donors (Lipinski definition) is 1. The van der Waals surface area contributed by atoms with Crippen LogP contribution >= 0.6 is 15.9 Å². The molecule has 0 spiro atoms. The van der Waals surface area contributed by atoms with Gasteiger partial charge in [0.2, 0.25) is 0 Å². The lowest BCUT2D eigenvalue weighted by atomic mass is 9.82. The Morgan fingerprint density at radius 1 is 1.32 bits per heavy atom. The van der Waals surface area contributed by atoms with Crippen LogP contribution in [0.5, 0.6) is 0 Å². The van der Waals surface area contributed by atoms with Crippen molar-refractivity contribution in [3.63, 3.8) is 0 Å². The molecule has 0 heterocycles. The molecule has 2 unspecified atom stereocenters. The van der Waals surface area contributed by atoms with E-state index < -0.39 is 0 Å². The number of nitrogens with two attached hydrogens (primary N) is 1. The van der Waals surface area contributed by atoms with E-state index in [9.17, 15) is 4.39 Å². The maximum atomic E-state index is 13.0. The molecule has 2 atom stereocenters. The summed E-state index contributed by atoms with van der Waals surface area (Å²) in [6.07, 6.45) is 2.96. The predicted octanol–water partition coefficient (Wildman–Crippen LogP) is 4.92. The summed E-state index contributed by atoms with van der Waals surface area (Å²) in [5.41, 5.74) is 7.64. The average Bonchev–Trinajstić information content (AvgIpc) is 2.19. The zero-order valence-corrected chi connectivity index (χ0v) is 13.9. The third-order valence-corrected chi connectivity index (χ3v) is 3.90. The van der Waals surface area contributed by atoms with E-state index in [4.69, 9.17) is 5.73 Å². The second-order valence-electron chi connectivity index (χ2n) is 6.81. The molecule has 0 saturated heterocycles. The van der Waals surface area contributed by atoms with Gasteiger partial charge >= 0.3 is 0 Å². The molecule has 0 aliphatic rings.